The molecule has 1 aromatic heterocycles. The summed E-state index contributed by atoms with van der Waals surface area (Å²) in [6.07, 6.45) is 1.85. The molecule has 1 heterocycles. The Hall–Kier alpha value is -2.67. The van der Waals surface area contributed by atoms with Crippen LogP contribution >= 0.6 is 0 Å². The number of nitriles is 1. The van der Waals surface area contributed by atoms with Gasteiger partial charge in [-0.3, -0.25) is 0 Å². The van der Waals surface area contributed by atoms with Crippen LogP contribution in [-0.2, 0) is 6.54 Å². The molecule has 2 nitrogen and oxygen atoms in total. The van der Waals surface area contributed by atoms with E-state index < -0.39 is 5.82 Å². The van der Waals surface area contributed by atoms with E-state index in [4.69, 9.17) is 5.26 Å². The van der Waals surface area contributed by atoms with E-state index in [0.717, 1.165) is 16.5 Å². The van der Waals surface area contributed by atoms with E-state index in [9.17, 15) is 8.78 Å². The van der Waals surface area contributed by atoms with E-state index in [2.05, 4.69) is 0 Å². The van der Waals surface area contributed by atoms with Crippen LogP contribution in [0.15, 0.2) is 48.7 Å². The molecular weight excluding hydrogens is 258 g/mol. The molecule has 0 fully saturated rings. The van der Waals surface area contributed by atoms with Gasteiger partial charge < -0.3 is 4.57 Å². The van der Waals surface area contributed by atoms with Gasteiger partial charge >= 0.3 is 0 Å². The largest absolute Gasteiger partial charge is 0.343 e. The Labute approximate surface area is 114 Å². The summed E-state index contributed by atoms with van der Waals surface area (Å²) in [4.78, 5) is 0. The molecule has 0 bridgehead atoms. The molecule has 3 rings (SSSR count). The maximum atomic E-state index is 13.3. The SMILES string of the molecule is N#Cc1cc(Cn2ccc3ccc(F)cc32)ccc1F. The number of rotatable bonds is 2. The molecule has 0 atom stereocenters. The van der Waals surface area contributed by atoms with E-state index in [1.807, 2.05) is 22.9 Å². The first-order chi connectivity index (χ1) is 9.67. The highest BCUT2D eigenvalue weighted by Crippen LogP contribution is 2.19. The highest BCUT2D eigenvalue weighted by Gasteiger charge is 2.06. The monoisotopic (exact) mass is 268 g/mol. The molecule has 0 N–H and O–H groups in total. The van der Waals surface area contributed by atoms with Crippen LogP contribution in [0.3, 0.4) is 0 Å². The van der Waals surface area contributed by atoms with Gasteiger partial charge in [0, 0.05) is 12.7 Å². The number of nitrogens with zero attached hydrogens (tertiary/aromatic N) is 2. The van der Waals surface area contributed by atoms with Crippen LogP contribution in [0.2, 0.25) is 0 Å². The predicted octanol–water partition coefficient (Wildman–Crippen LogP) is 3.84. The zero-order valence-corrected chi connectivity index (χ0v) is 10.5. The van der Waals surface area contributed by atoms with Crippen LogP contribution in [0.4, 0.5) is 8.78 Å². The molecule has 0 radical (unpaired) electrons. The zero-order chi connectivity index (χ0) is 14.1. The lowest BCUT2D eigenvalue weighted by Crippen LogP contribution is -1.99. The maximum absolute atomic E-state index is 13.3. The Balaban J connectivity index is 2.01. The third-order valence-corrected chi connectivity index (χ3v) is 3.24. The highest BCUT2D eigenvalue weighted by atomic mass is 19.1. The summed E-state index contributed by atoms with van der Waals surface area (Å²) in [7, 11) is 0. The normalized spacial score (nSPS) is 10.7. The van der Waals surface area contributed by atoms with Gasteiger partial charge in [0.05, 0.1) is 11.1 Å². The van der Waals surface area contributed by atoms with Gasteiger partial charge in [0.25, 0.3) is 0 Å². The van der Waals surface area contributed by atoms with Crippen molar-refractivity contribution in [3.05, 3.63) is 71.4 Å². The topological polar surface area (TPSA) is 28.7 Å². The standard InChI is InChI=1S/C16H10F2N2/c17-14-3-2-12-5-6-20(16(12)8-14)10-11-1-4-15(18)13(7-11)9-19/h1-8H,10H2. The van der Waals surface area contributed by atoms with Gasteiger partial charge in [0.2, 0.25) is 0 Å². The van der Waals surface area contributed by atoms with E-state index in [1.165, 1.54) is 24.3 Å². The molecule has 0 amide bonds. The maximum Gasteiger partial charge on any atom is 0.140 e. The van der Waals surface area contributed by atoms with Crippen molar-refractivity contribution in [3.63, 3.8) is 0 Å². The Morgan fingerprint density at radius 1 is 1.05 bits per heavy atom. The summed E-state index contributed by atoms with van der Waals surface area (Å²) in [5.74, 6) is -0.825. The number of hydrogen-bond donors (Lipinski definition) is 0. The quantitative estimate of drug-likeness (QED) is 0.694. The number of benzene rings is 2. The first-order valence-corrected chi connectivity index (χ1v) is 6.10. The van der Waals surface area contributed by atoms with Gasteiger partial charge in [0.1, 0.15) is 17.7 Å². The van der Waals surface area contributed by atoms with Crippen molar-refractivity contribution in [2.45, 2.75) is 6.54 Å². The lowest BCUT2D eigenvalue weighted by atomic mass is 10.1. The average Bonchev–Trinajstić information content (AvgIpc) is 2.83. The molecule has 0 saturated carbocycles. The third-order valence-electron chi connectivity index (χ3n) is 3.24. The Morgan fingerprint density at radius 2 is 1.90 bits per heavy atom. The first kappa shape index (κ1) is 12.4. The summed E-state index contributed by atoms with van der Waals surface area (Å²) in [5, 5.41) is 9.77. The highest BCUT2D eigenvalue weighted by molar-refractivity contribution is 5.80. The van der Waals surface area contributed by atoms with Crippen molar-refractivity contribution in [1.29, 1.82) is 5.26 Å². The fourth-order valence-corrected chi connectivity index (χ4v) is 2.25. The zero-order valence-electron chi connectivity index (χ0n) is 10.5. The molecular formula is C16H10F2N2. The first-order valence-electron chi connectivity index (χ1n) is 6.10. The summed E-state index contributed by atoms with van der Waals surface area (Å²) in [5.41, 5.74) is 1.59. The molecule has 0 saturated heterocycles. The Bertz CT molecular complexity index is 828. The minimum Gasteiger partial charge on any atom is -0.343 e. The van der Waals surface area contributed by atoms with Crippen molar-refractivity contribution >= 4 is 10.9 Å². The van der Waals surface area contributed by atoms with Gasteiger partial charge in [-0.1, -0.05) is 6.07 Å². The van der Waals surface area contributed by atoms with E-state index >= 15 is 0 Å². The van der Waals surface area contributed by atoms with E-state index in [0.29, 0.717) is 6.54 Å². The Kier molecular flexibility index (Phi) is 2.96. The minimum absolute atomic E-state index is 0.0187. The smallest absolute Gasteiger partial charge is 0.140 e. The molecule has 0 aliphatic rings. The second-order valence-electron chi connectivity index (χ2n) is 4.57. The van der Waals surface area contributed by atoms with Gasteiger partial charge in [-0.15, -0.1) is 0 Å². The van der Waals surface area contributed by atoms with Crippen LogP contribution in [0.5, 0.6) is 0 Å². The van der Waals surface area contributed by atoms with E-state index in [-0.39, 0.29) is 11.4 Å². The molecule has 2 aromatic carbocycles. The molecule has 0 aliphatic carbocycles. The van der Waals surface area contributed by atoms with E-state index in [1.54, 1.807) is 12.1 Å². The number of halogens is 2. The molecule has 4 heteroatoms. The van der Waals surface area contributed by atoms with Crippen molar-refractivity contribution in [2.24, 2.45) is 0 Å². The summed E-state index contributed by atoms with van der Waals surface area (Å²) in [6.45, 7) is 0.460. The number of hydrogen-bond acceptors (Lipinski definition) is 1. The van der Waals surface area contributed by atoms with Crippen LogP contribution < -0.4 is 0 Å². The van der Waals surface area contributed by atoms with Gasteiger partial charge in [-0.2, -0.15) is 5.26 Å². The number of aromatic nitrogens is 1. The molecule has 20 heavy (non-hydrogen) atoms. The molecule has 98 valence electrons. The second kappa shape index (κ2) is 4.78. The Morgan fingerprint density at radius 3 is 2.70 bits per heavy atom. The second-order valence-corrected chi connectivity index (χ2v) is 4.57. The van der Waals surface area contributed by atoms with Crippen molar-refractivity contribution < 1.29 is 8.78 Å². The van der Waals surface area contributed by atoms with Gasteiger partial charge in [-0.05, 0) is 47.3 Å². The van der Waals surface area contributed by atoms with Gasteiger partial charge in [-0.25, -0.2) is 8.78 Å². The molecule has 3 aromatic rings. The minimum atomic E-state index is -0.528. The van der Waals surface area contributed by atoms with Crippen LogP contribution in [-0.4, -0.2) is 4.57 Å². The lowest BCUT2D eigenvalue weighted by molar-refractivity contribution is 0.622. The van der Waals surface area contributed by atoms with Crippen molar-refractivity contribution in [2.75, 3.05) is 0 Å². The third kappa shape index (κ3) is 2.14. The van der Waals surface area contributed by atoms with Gasteiger partial charge in [0.15, 0.2) is 0 Å². The molecule has 0 unspecified atom stereocenters. The molecule has 0 aliphatic heterocycles. The number of fused-ring (bicyclic) bond motifs is 1. The average molecular weight is 268 g/mol. The fourth-order valence-electron chi connectivity index (χ4n) is 2.25. The van der Waals surface area contributed by atoms with Crippen LogP contribution in [0, 0.1) is 23.0 Å². The summed E-state index contributed by atoms with van der Waals surface area (Å²) < 4.78 is 28.4. The predicted molar refractivity (Wildman–Crippen MR) is 72.1 cm³/mol. The van der Waals surface area contributed by atoms with Crippen LogP contribution in [0.25, 0.3) is 10.9 Å². The van der Waals surface area contributed by atoms with Crippen molar-refractivity contribution in [1.82, 2.24) is 4.57 Å². The fraction of sp³-hybridized carbons (Fsp3) is 0.0625. The van der Waals surface area contributed by atoms with Crippen molar-refractivity contribution in [3.8, 4) is 6.07 Å². The molecule has 0 spiro atoms. The van der Waals surface area contributed by atoms with Crippen LogP contribution in [0.1, 0.15) is 11.1 Å². The summed E-state index contributed by atoms with van der Waals surface area (Å²) >= 11 is 0. The lowest BCUT2D eigenvalue weighted by Gasteiger charge is -2.06. The summed E-state index contributed by atoms with van der Waals surface area (Å²) in [6, 6.07) is 12.7.